The Morgan fingerprint density at radius 3 is 2.37 bits per heavy atom. The topological polar surface area (TPSA) is 99.8 Å². The predicted molar refractivity (Wildman–Crippen MR) is 156 cm³/mol. The van der Waals surface area contributed by atoms with Crippen molar-refractivity contribution in [3.63, 3.8) is 0 Å². The van der Waals surface area contributed by atoms with Crippen LogP contribution in [0.4, 0.5) is 4.39 Å². The lowest BCUT2D eigenvalue weighted by molar-refractivity contribution is -0.141. The zero-order valence-corrected chi connectivity index (χ0v) is 24.7. The molecule has 0 aromatic heterocycles. The Labute approximate surface area is 242 Å². The van der Waals surface area contributed by atoms with E-state index in [1.807, 2.05) is 31.2 Å². The molecule has 2 aromatic rings. The molecule has 2 aliphatic rings. The second-order valence-corrected chi connectivity index (χ2v) is 12.1. The molecular formula is C32H43FN4O4. The molecule has 1 saturated carbocycles. The summed E-state index contributed by atoms with van der Waals surface area (Å²) in [7, 11) is 1.62. The number of nitrogens with one attached hydrogen (secondary N) is 3. The normalized spacial score (nSPS) is 26.6. The van der Waals surface area contributed by atoms with E-state index in [9.17, 15) is 18.8 Å². The first-order valence-electron chi connectivity index (χ1n) is 14.5. The Morgan fingerprint density at radius 1 is 1.00 bits per heavy atom. The van der Waals surface area contributed by atoms with Crippen molar-refractivity contribution in [3.05, 3.63) is 65.5 Å². The van der Waals surface area contributed by atoms with Crippen LogP contribution < -0.4 is 20.7 Å². The van der Waals surface area contributed by atoms with Crippen LogP contribution in [0.2, 0.25) is 0 Å². The fourth-order valence-corrected chi connectivity index (χ4v) is 5.27. The van der Waals surface area contributed by atoms with Gasteiger partial charge in [-0.2, -0.15) is 0 Å². The van der Waals surface area contributed by atoms with E-state index >= 15 is 0 Å². The van der Waals surface area contributed by atoms with Crippen LogP contribution in [-0.2, 0) is 26.2 Å². The standard InChI is InChI=1S/C32H43FN4O4/c1-20-19-35-28(23-12-13-23)31(40)37(5)21(2)29(38)36-26(18-22-10-14-24(33)15-11-22)30(39)34-17-16-32(3,4)25-8-6-7-9-27(25)41-20/h6-11,14-15,20-21,23,26,28,35H,12-13,16-19H2,1-5H3,(H,34,39)(H,36,38)/t20-,21-,26-,28+/m1/s1. The molecule has 222 valence electrons. The summed E-state index contributed by atoms with van der Waals surface area (Å²) in [6.07, 6.45) is 2.53. The van der Waals surface area contributed by atoms with Gasteiger partial charge < -0.3 is 25.6 Å². The molecule has 1 aliphatic heterocycles. The molecule has 41 heavy (non-hydrogen) atoms. The number of nitrogens with zero attached hydrogens (tertiary/aromatic N) is 1. The fraction of sp³-hybridized carbons (Fsp3) is 0.531. The number of ether oxygens (including phenoxy) is 1. The highest BCUT2D eigenvalue weighted by Crippen LogP contribution is 2.35. The number of likely N-dealkylation sites (N-methyl/N-ethyl adjacent to an activating group) is 1. The second-order valence-electron chi connectivity index (χ2n) is 12.1. The molecule has 4 atom stereocenters. The van der Waals surface area contributed by atoms with E-state index in [-0.39, 0.29) is 41.5 Å². The summed E-state index contributed by atoms with van der Waals surface area (Å²) >= 11 is 0. The highest BCUT2D eigenvalue weighted by atomic mass is 19.1. The SMILES string of the molecule is C[C@@H]1CN[C@@H](C2CC2)C(=O)N(C)[C@H](C)C(=O)N[C@H](Cc2ccc(F)cc2)C(=O)NCCC(C)(C)c2ccccc2O1. The largest absolute Gasteiger partial charge is 0.489 e. The van der Waals surface area contributed by atoms with Crippen molar-refractivity contribution in [1.29, 1.82) is 0 Å². The number of amides is 3. The van der Waals surface area contributed by atoms with Gasteiger partial charge in [0.2, 0.25) is 17.7 Å². The number of halogens is 1. The lowest BCUT2D eigenvalue weighted by atomic mass is 9.81. The van der Waals surface area contributed by atoms with Gasteiger partial charge in [-0.3, -0.25) is 14.4 Å². The molecular weight excluding hydrogens is 523 g/mol. The summed E-state index contributed by atoms with van der Waals surface area (Å²) < 4.78 is 19.9. The Kier molecular flexibility index (Phi) is 9.68. The number of rotatable bonds is 3. The minimum atomic E-state index is -0.894. The maximum absolute atomic E-state index is 13.6. The highest BCUT2D eigenvalue weighted by Gasteiger charge is 2.40. The third kappa shape index (κ3) is 7.85. The number of hydrogen-bond acceptors (Lipinski definition) is 5. The average molecular weight is 567 g/mol. The third-order valence-corrected chi connectivity index (χ3v) is 8.27. The van der Waals surface area contributed by atoms with Crippen LogP contribution in [0.25, 0.3) is 0 Å². The number of benzene rings is 2. The quantitative estimate of drug-likeness (QED) is 0.530. The van der Waals surface area contributed by atoms with Crippen LogP contribution in [-0.4, -0.2) is 67.0 Å². The molecule has 2 aromatic carbocycles. The molecule has 0 bridgehead atoms. The Morgan fingerprint density at radius 2 is 1.68 bits per heavy atom. The summed E-state index contributed by atoms with van der Waals surface area (Å²) in [5.41, 5.74) is 1.42. The fourth-order valence-electron chi connectivity index (χ4n) is 5.27. The van der Waals surface area contributed by atoms with Crippen LogP contribution in [0.1, 0.15) is 58.1 Å². The summed E-state index contributed by atoms with van der Waals surface area (Å²) in [6.45, 7) is 8.72. The van der Waals surface area contributed by atoms with Crippen LogP contribution in [0, 0.1) is 11.7 Å². The van der Waals surface area contributed by atoms with Crippen molar-refractivity contribution in [2.75, 3.05) is 20.1 Å². The van der Waals surface area contributed by atoms with E-state index in [0.29, 0.717) is 25.1 Å². The lowest BCUT2D eigenvalue weighted by Crippen LogP contribution is -2.57. The highest BCUT2D eigenvalue weighted by molar-refractivity contribution is 5.93. The van der Waals surface area contributed by atoms with E-state index in [2.05, 4.69) is 29.8 Å². The second kappa shape index (κ2) is 13.0. The van der Waals surface area contributed by atoms with Crippen LogP contribution in [0.15, 0.2) is 48.5 Å². The molecule has 9 heteroatoms. The minimum Gasteiger partial charge on any atom is -0.489 e. The van der Waals surface area contributed by atoms with Gasteiger partial charge in [-0.1, -0.05) is 44.2 Å². The van der Waals surface area contributed by atoms with Gasteiger partial charge in [0.15, 0.2) is 0 Å². The first-order chi connectivity index (χ1) is 19.5. The van der Waals surface area contributed by atoms with Crippen LogP contribution >= 0.6 is 0 Å². The molecule has 4 rings (SSSR count). The third-order valence-electron chi connectivity index (χ3n) is 8.27. The molecule has 1 heterocycles. The summed E-state index contributed by atoms with van der Waals surface area (Å²) in [4.78, 5) is 41.8. The smallest absolute Gasteiger partial charge is 0.243 e. The van der Waals surface area contributed by atoms with Gasteiger partial charge in [0.05, 0.1) is 6.04 Å². The molecule has 8 nitrogen and oxygen atoms in total. The monoisotopic (exact) mass is 566 g/mol. The Bertz CT molecular complexity index is 1230. The first kappa shape index (κ1) is 30.5. The summed E-state index contributed by atoms with van der Waals surface area (Å²) in [6, 6.07) is 11.7. The molecule has 3 N–H and O–H groups in total. The van der Waals surface area contributed by atoms with Gasteiger partial charge in [-0.15, -0.1) is 0 Å². The van der Waals surface area contributed by atoms with Crippen LogP contribution in [0.5, 0.6) is 5.75 Å². The molecule has 0 radical (unpaired) electrons. The van der Waals surface area contributed by atoms with Crippen molar-refractivity contribution < 1.29 is 23.5 Å². The average Bonchev–Trinajstić information content (AvgIpc) is 3.78. The van der Waals surface area contributed by atoms with Gasteiger partial charge in [-0.05, 0) is 73.8 Å². The zero-order valence-electron chi connectivity index (χ0n) is 24.7. The van der Waals surface area contributed by atoms with E-state index in [4.69, 9.17) is 4.74 Å². The molecule has 1 fully saturated rings. The van der Waals surface area contributed by atoms with Crippen LogP contribution in [0.3, 0.4) is 0 Å². The number of para-hydroxylation sites is 1. The van der Waals surface area contributed by atoms with E-state index in [1.54, 1.807) is 26.1 Å². The van der Waals surface area contributed by atoms with Crippen molar-refractivity contribution in [1.82, 2.24) is 20.9 Å². The van der Waals surface area contributed by atoms with E-state index in [1.165, 1.54) is 17.0 Å². The zero-order chi connectivity index (χ0) is 29.7. The maximum Gasteiger partial charge on any atom is 0.243 e. The van der Waals surface area contributed by atoms with Gasteiger partial charge in [0.25, 0.3) is 0 Å². The van der Waals surface area contributed by atoms with Crippen molar-refractivity contribution in [2.45, 2.75) is 83.0 Å². The number of carbonyl (C=O) groups is 3. The molecule has 0 spiro atoms. The number of hydrogen-bond donors (Lipinski definition) is 3. The van der Waals surface area contributed by atoms with Gasteiger partial charge in [-0.25, -0.2) is 4.39 Å². The molecule has 1 aliphatic carbocycles. The van der Waals surface area contributed by atoms with Crippen molar-refractivity contribution >= 4 is 17.7 Å². The number of fused-ring (bicyclic) bond motifs is 1. The maximum atomic E-state index is 13.6. The number of carbonyl (C=O) groups excluding carboxylic acids is 3. The van der Waals surface area contributed by atoms with Crippen molar-refractivity contribution in [3.8, 4) is 5.75 Å². The van der Waals surface area contributed by atoms with E-state index in [0.717, 1.165) is 24.2 Å². The van der Waals surface area contributed by atoms with Gasteiger partial charge in [0, 0.05) is 26.6 Å². The van der Waals surface area contributed by atoms with Gasteiger partial charge >= 0.3 is 0 Å². The molecule has 3 amide bonds. The summed E-state index contributed by atoms with van der Waals surface area (Å²) in [5, 5.41) is 9.26. The molecule has 0 saturated heterocycles. The predicted octanol–water partition coefficient (Wildman–Crippen LogP) is 3.33. The van der Waals surface area contributed by atoms with E-state index < -0.39 is 24.0 Å². The minimum absolute atomic E-state index is 0.162. The van der Waals surface area contributed by atoms with Gasteiger partial charge in [0.1, 0.15) is 29.8 Å². The van der Waals surface area contributed by atoms with Crippen molar-refractivity contribution in [2.24, 2.45) is 5.92 Å². The molecule has 0 unspecified atom stereocenters. The first-order valence-corrected chi connectivity index (χ1v) is 14.5. The Balaban J connectivity index is 1.62. The summed E-state index contributed by atoms with van der Waals surface area (Å²) in [5.74, 6) is -0.312. The Hall–Kier alpha value is -3.46. The lowest BCUT2D eigenvalue weighted by Gasteiger charge is -2.32.